The molecule has 20 heavy (non-hydrogen) atoms. The number of rotatable bonds is 6. The first kappa shape index (κ1) is 15.4. The molecule has 0 saturated carbocycles. The Labute approximate surface area is 125 Å². The van der Waals surface area contributed by atoms with Crippen molar-refractivity contribution in [3.8, 4) is 0 Å². The van der Waals surface area contributed by atoms with Crippen LogP contribution in [0.5, 0.6) is 0 Å². The third-order valence-corrected chi connectivity index (χ3v) is 4.86. The Kier molecular flexibility index (Phi) is 6.40. The first-order valence-corrected chi connectivity index (χ1v) is 8.60. The Bertz CT molecular complexity index is 413. The number of carbonyl (C=O) groups excluding carboxylic acids is 1. The Morgan fingerprint density at radius 1 is 1.30 bits per heavy atom. The van der Waals surface area contributed by atoms with E-state index < -0.39 is 0 Å². The van der Waals surface area contributed by atoms with Crippen molar-refractivity contribution in [2.45, 2.75) is 26.2 Å². The van der Waals surface area contributed by atoms with Crippen LogP contribution in [0.1, 0.15) is 25.3 Å². The minimum atomic E-state index is 0.105. The second-order valence-corrected chi connectivity index (χ2v) is 6.34. The molecule has 0 atom stereocenters. The fourth-order valence-electron chi connectivity index (χ4n) is 2.39. The summed E-state index contributed by atoms with van der Waals surface area (Å²) in [7, 11) is 0. The van der Waals surface area contributed by atoms with E-state index in [9.17, 15) is 4.79 Å². The highest BCUT2D eigenvalue weighted by atomic mass is 32.2. The molecule has 1 aromatic carbocycles. The van der Waals surface area contributed by atoms with Gasteiger partial charge >= 0.3 is 0 Å². The number of aryl methyl sites for hydroxylation is 1. The van der Waals surface area contributed by atoms with Gasteiger partial charge < -0.3 is 10.6 Å². The van der Waals surface area contributed by atoms with Gasteiger partial charge in [0.15, 0.2) is 0 Å². The summed E-state index contributed by atoms with van der Waals surface area (Å²) in [6, 6.07) is 8.10. The number of hydrogen-bond donors (Lipinski definition) is 2. The minimum Gasteiger partial charge on any atom is -0.325 e. The highest BCUT2D eigenvalue weighted by Crippen LogP contribution is 2.18. The van der Waals surface area contributed by atoms with Crippen molar-refractivity contribution in [1.82, 2.24) is 5.32 Å². The number of carbonyl (C=O) groups is 1. The van der Waals surface area contributed by atoms with Gasteiger partial charge in [0.2, 0.25) is 5.91 Å². The summed E-state index contributed by atoms with van der Waals surface area (Å²) in [6.45, 7) is 4.38. The van der Waals surface area contributed by atoms with E-state index in [4.69, 9.17) is 0 Å². The average Bonchev–Trinajstić information content (AvgIpc) is 2.49. The number of amides is 1. The Morgan fingerprint density at radius 2 is 2.00 bits per heavy atom. The standard InChI is InChI=1S/C16H24N2OS/c1-2-13-3-5-15(6-4-13)18-16(19)12-20-11-14-7-9-17-10-8-14/h3-6,14,17H,2,7-12H2,1H3,(H,18,19). The molecule has 0 radical (unpaired) electrons. The van der Waals surface area contributed by atoms with Crippen LogP contribution < -0.4 is 10.6 Å². The smallest absolute Gasteiger partial charge is 0.234 e. The summed E-state index contributed by atoms with van der Waals surface area (Å²) >= 11 is 1.75. The molecule has 1 aromatic rings. The normalized spacial score (nSPS) is 16.1. The van der Waals surface area contributed by atoms with Crippen LogP contribution in [0, 0.1) is 5.92 Å². The van der Waals surface area contributed by atoms with Gasteiger partial charge in [-0.3, -0.25) is 4.79 Å². The van der Waals surface area contributed by atoms with E-state index in [2.05, 4.69) is 29.7 Å². The van der Waals surface area contributed by atoms with Crippen LogP contribution in [-0.4, -0.2) is 30.5 Å². The summed E-state index contributed by atoms with van der Waals surface area (Å²) in [4.78, 5) is 11.9. The highest BCUT2D eigenvalue weighted by molar-refractivity contribution is 7.99. The lowest BCUT2D eigenvalue weighted by Gasteiger charge is -2.21. The van der Waals surface area contributed by atoms with Gasteiger partial charge in [-0.05, 0) is 61.7 Å². The third kappa shape index (κ3) is 5.17. The zero-order valence-electron chi connectivity index (χ0n) is 12.2. The predicted octanol–water partition coefficient (Wildman–Crippen LogP) is 2.92. The number of thioether (sulfide) groups is 1. The average molecular weight is 292 g/mol. The van der Waals surface area contributed by atoms with Gasteiger partial charge in [0, 0.05) is 5.69 Å². The van der Waals surface area contributed by atoms with Gasteiger partial charge in [-0.1, -0.05) is 19.1 Å². The van der Waals surface area contributed by atoms with Gasteiger partial charge in [-0.15, -0.1) is 0 Å². The fourth-order valence-corrected chi connectivity index (χ4v) is 3.43. The largest absolute Gasteiger partial charge is 0.325 e. The molecule has 1 saturated heterocycles. The van der Waals surface area contributed by atoms with Gasteiger partial charge in [0.1, 0.15) is 0 Å². The number of benzene rings is 1. The van der Waals surface area contributed by atoms with Crippen LogP contribution in [0.25, 0.3) is 0 Å². The van der Waals surface area contributed by atoms with Crippen LogP contribution in [-0.2, 0) is 11.2 Å². The van der Waals surface area contributed by atoms with Crippen molar-refractivity contribution < 1.29 is 4.79 Å². The Hall–Kier alpha value is -1.00. The monoisotopic (exact) mass is 292 g/mol. The lowest BCUT2D eigenvalue weighted by atomic mass is 10.0. The SMILES string of the molecule is CCc1ccc(NC(=O)CSCC2CCNCC2)cc1. The van der Waals surface area contributed by atoms with Crippen molar-refractivity contribution in [2.75, 3.05) is 29.9 Å². The van der Waals surface area contributed by atoms with Crippen LogP contribution in [0.15, 0.2) is 24.3 Å². The van der Waals surface area contributed by atoms with E-state index in [1.165, 1.54) is 18.4 Å². The molecule has 3 nitrogen and oxygen atoms in total. The first-order chi connectivity index (χ1) is 9.78. The molecular weight excluding hydrogens is 268 g/mol. The van der Waals surface area contributed by atoms with Crippen molar-refractivity contribution in [1.29, 1.82) is 0 Å². The van der Waals surface area contributed by atoms with E-state index >= 15 is 0 Å². The second kappa shape index (κ2) is 8.32. The van der Waals surface area contributed by atoms with Crippen molar-refractivity contribution in [3.05, 3.63) is 29.8 Å². The van der Waals surface area contributed by atoms with E-state index in [0.717, 1.165) is 36.9 Å². The topological polar surface area (TPSA) is 41.1 Å². The minimum absolute atomic E-state index is 0.105. The summed E-state index contributed by atoms with van der Waals surface area (Å²) in [6.07, 6.45) is 3.51. The fraction of sp³-hybridized carbons (Fsp3) is 0.562. The lowest BCUT2D eigenvalue weighted by molar-refractivity contribution is -0.113. The molecule has 1 heterocycles. The summed E-state index contributed by atoms with van der Waals surface area (Å²) < 4.78 is 0. The quantitative estimate of drug-likeness (QED) is 0.847. The molecule has 2 rings (SSSR count). The van der Waals surface area contributed by atoms with Crippen molar-refractivity contribution in [2.24, 2.45) is 5.92 Å². The van der Waals surface area contributed by atoms with E-state index in [1.54, 1.807) is 11.8 Å². The molecule has 0 unspecified atom stereocenters. The van der Waals surface area contributed by atoms with Gasteiger partial charge in [-0.25, -0.2) is 0 Å². The number of nitrogens with one attached hydrogen (secondary N) is 2. The molecule has 1 fully saturated rings. The molecular formula is C16H24N2OS. The first-order valence-electron chi connectivity index (χ1n) is 7.45. The molecule has 0 bridgehead atoms. The molecule has 1 aliphatic heterocycles. The van der Waals surface area contributed by atoms with E-state index in [-0.39, 0.29) is 5.91 Å². The molecule has 1 aliphatic rings. The van der Waals surface area contributed by atoms with E-state index in [0.29, 0.717) is 5.75 Å². The number of hydrogen-bond acceptors (Lipinski definition) is 3. The molecule has 1 amide bonds. The van der Waals surface area contributed by atoms with Crippen LogP contribution in [0.4, 0.5) is 5.69 Å². The van der Waals surface area contributed by atoms with Crippen LogP contribution >= 0.6 is 11.8 Å². The predicted molar refractivity (Wildman–Crippen MR) is 87.4 cm³/mol. The maximum atomic E-state index is 11.9. The molecule has 4 heteroatoms. The maximum Gasteiger partial charge on any atom is 0.234 e. The zero-order valence-corrected chi connectivity index (χ0v) is 13.0. The van der Waals surface area contributed by atoms with Crippen molar-refractivity contribution >= 4 is 23.4 Å². The molecule has 0 aromatic heterocycles. The number of piperidine rings is 1. The van der Waals surface area contributed by atoms with Gasteiger partial charge in [0.25, 0.3) is 0 Å². The molecule has 0 aliphatic carbocycles. The highest BCUT2D eigenvalue weighted by Gasteiger charge is 2.13. The number of anilines is 1. The van der Waals surface area contributed by atoms with Crippen LogP contribution in [0.3, 0.4) is 0 Å². The van der Waals surface area contributed by atoms with Gasteiger partial charge in [0.05, 0.1) is 5.75 Å². The second-order valence-electron chi connectivity index (χ2n) is 5.31. The summed E-state index contributed by atoms with van der Waals surface area (Å²) in [5.74, 6) is 2.54. The molecule has 2 N–H and O–H groups in total. The lowest BCUT2D eigenvalue weighted by Crippen LogP contribution is -2.29. The molecule has 110 valence electrons. The van der Waals surface area contributed by atoms with Crippen LogP contribution in [0.2, 0.25) is 0 Å². The van der Waals surface area contributed by atoms with Crippen molar-refractivity contribution in [3.63, 3.8) is 0 Å². The summed E-state index contributed by atoms with van der Waals surface area (Å²) in [5, 5.41) is 6.33. The van der Waals surface area contributed by atoms with Gasteiger partial charge in [-0.2, -0.15) is 11.8 Å². The third-order valence-electron chi connectivity index (χ3n) is 3.69. The van der Waals surface area contributed by atoms with E-state index in [1.807, 2.05) is 12.1 Å². The Balaban J connectivity index is 1.66. The maximum absolute atomic E-state index is 11.9. The Morgan fingerprint density at radius 3 is 2.65 bits per heavy atom. The summed E-state index contributed by atoms with van der Waals surface area (Å²) in [5.41, 5.74) is 2.19. The zero-order chi connectivity index (χ0) is 14.2. The molecule has 0 spiro atoms.